The number of hydrogen-bond donors (Lipinski definition) is 1. The number of aryl methyl sites for hydroxylation is 1. The number of benzene rings is 1. The normalized spacial score (nSPS) is 16.6. The number of carbonyl (C=O) groups is 1. The Morgan fingerprint density at radius 3 is 2.68 bits per heavy atom. The molecule has 1 amide bonds. The predicted molar refractivity (Wildman–Crippen MR) is 115 cm³/mol. The first-order valence-electron chi connectivity index (χ1n) is 10.4. The lowest BCUT2D eigenvalue weighted by Gasteiger charge is -2.33. The largest absolute Gasteiger partial charge is 0.465 e. The standard InChI is InChI=1S/C23H27N5O3/c1-14-26-21(31-27-14)20-12-24-17(11-25-20)10-15-5-6-18-16(9-15)7-8-28(22(29)30)13-19(18)23(2,3)4/h5-6,9,11-12,19H,7-8,10,13H2,1-4H3,(H,29,30). The van der Waals surface area contributed by atoms with Crippen molar-refractivity contribution in [2.45, 2.75) is 46.5 Å². The highest BCUT2D eigenvalue weighted by Crippen LogP contribution is 2.39. The van der Waals surface area contributed by atoms with Crippen LogP contribution in [0.2, 0.25) is 0 Å². The molecule has 2 aromatic heterocycles. The van der Waals surface area contributed by atoms with E-state index < -0.39 is 6.09 Å². The van der Waals surface area contributed by atoms with Gasteiger partial charge in [-0.3, -0.25) is 4.98 Å². The lowest BCUT2D eigenvalue weighted by atomic mass is 9.75. The minimum absolute atomic E-state index is 0.0390. The van der Waals surface area contributed by atoms with Gasteiger partial charge in [-0.05, 0) is 35.4 Å². The number of fused-ring (bicyclic) bond motifs is 1. The Kier molecular flexibility index (Phi) is 5.47. The molecule has 3 heterocycles. The summed E-state index contributed by atoms with van der Waals surface area (Å²) in [6, 6.07) is 6.47. The van der Waals surface area contributed by atoms with Gasteiger partial charge in [0, 0.05) is 31.6 Å². The van der Waals surface area contributed by atoms with Crippen molar-refractivity contribution in [1.29, 1.82) is 0 Å². The second-order valence-corrected chi connectivity index (χ2v) is 9.15. The zero-order valence-corrected chi connectivity index (χ0v) is 18.3. The fourth-order valence-corrected chi connectivity index (χ4v) is 4.07. The van der Waals surface area contributed by atoms with Crippen LogP contribution in [0.3, 0.4) is 0 Å². The molecule has 0 fully saturated rings. The maximum Gasteiger partial charge on any atom is 0.407 e. The maximum atomic E-state index is 11.7. The molecule has 8 heteroatoms. The van der Waals surface area contributed by atoms with E-state index in [1.54, 1.807) is 24.2 Å². The van der Waals surface area contributed by atoms with E-state index in [1.807, 2.05) is 0 Å². The van der Waals surface area contributed by atoms with Gasteiger partial charge in [-0.25, -0.2) is 9.78 Å². The third kappa shape index (κ3) is 4.57. The minimum atomic E-state index is -0.853. The molecule has 0 spiro atoms. The summed E-state index contributed by atoms with van der Waals surface area (Å²) in [6.07, 6.45) is 3.88. The number of nitrogens with zero attached hydrogens (tertiary/aromatic N) is 5. The molecule has 1 aliphatic heterocycles. The van der Waals surface area contributed by atoms with Gasteiger partial charge in [-0.15, -0.1) is 0 Å². The predicted octanol–water partition coefficient (Wildman–Crippen LogP) is 4.09. The molecule has 31 heavy (non-hydrogen) atoms. The highest BCUT2D eigenvalue weighted by atomic mass is 16.5. The Labute approximate surface area is 181 Å². The summed E-state index contributed by atoms with van der Waals surface area (Å²) in [5.41, 5.74) is 4.94. The molecule has 162 valence electrons. The molecule has 4 rings (SSSR count). The SMILES string of the molecule is Cc1noc(-c2cnc(Cc3ccc4c(c3)CCN(C(=O)O)CC4C(C)(C)C)cn2)n1. The van der Waals surface area contributed by atoms with Crippen LogP contribution in [0.1, 0.15) is 54.9 Å². The first-order valence-corrected chi connectivity index (χ1v) is 10.4. The van der Waals surface area contributed by atoms with Gasteiger partial charge >= 0.3 is 6.09 Å². The monoisotopic (exact) mass is 421 g/mol. The van der Waals surface area contributed by atoms with Gasteiger partial charge < -0.3 is 14.5 Å². The van der Waals surface area contributed by atoms with Crippen LogP contribution in [0.25, 0.3) is 11.6 Å². The van der Waals surface area contributed by atoms with E-state index in [2.05, 4.69) is 59.1 Å². The average molecular weight is 422 g/mol. The zero-order valence-electron chi connectivity index (χ0n) is 18.3. The summed E-state index contributed by atoms with van der Waals surface area (Å²) in [5, 5.41) is 13.4. The van der Waals surface area contributed by atoms with Crippen molar-refractivity contribution < 1.29 is 14.4 Å². The van der Waals surface area contributed by atoms with Crippen LogP contribution in [-0.2, 0) is 12.8 Å². The Bertz CT molecular complexity index is 1090. The molecule has 1 N–H and O–H groups in total. The molecular weight excluding hydrogens is 394 g/mol. The van der Waals surface area contributed by atoms with Crippen molar-refractivity contribution in [2.24, 2.45) is 5.41 Å². The summed E-state index contributed by atoms with van der Waals surface area (Å²) in [7, 11) is 0. The maximum absolute atomic E-state index is 11.7. The van der Waals surface area contributed by atoms with Crippen molar-refractivity contribution in [3.63, 3.8) is 0 Å². The highest BCUT2D eigenvalue weighted by Gasteiger charge is 2.33. The summed E-state index contributed by atoms with van der Waals surface area (Å²) in [6.45, 7) is 9.30. The number of aromatic nitrogens is 4. The summed E-state index contributed by atoms with van der Waals surface area (Å²) in [5.74, 6) is 1.06. The van der Waals surface area contributed by atoms with E-state index in [9.17, 15) is 9.90 Å². The third-order valence-corrected chi connectivity index (χ3v) is 5.79. The second-order valence-electron chi connectivity index (χ2n) is 9.15. The van der Waals surface area contributed by atoms with E-state index in [0.29, 0.717) is 43.3 Å². The number of rotatable bonds is 3. The van der Waals surface area contributed by atoms with E-state index in [4.69, 9.17) is 4.52 Å². The van der Waals surface area contributed by atoms with Crippen LogP contribution >= 0.6 is 0 Å². The topological polar surface area (TPSA) is 105 Å². The smallest absolute Gasteiger partial charge is 0.407 e. The Morgan fingerprint density at radius 1 is 1.26 bits per heavy atom. The molecule has 3 aromatic rings. The van der Waals surface area contributed by atoms with Gasteiger partial charge in [-0.1, -0.05) is 44.1 Å². The van der Waals surface area contributed by atoms with E-state index in [1.165, 1.54) is 11.1 Å². The van der Waals surface area contributed by atoms with E-state index in [-0.39, 0.29) is 11.3 Å². The molecule has 0 bridgehead atoms. The van der Waals surface area contributed by atoms with Gasteiger partial charge in [0.1, 0.15) is 5.69 Å². The summed E-state index contributed by atoms with van der Waals surface area (Å²) >= 11 is 0. The highest BCUT2D eigenvalue weighted by molar-refractivity contribution is 5.65. The van der Waals surface area contributed by atoms with Crippen LogP contribution in [0, 0.1) is 12.3 Å². The third-order valence-electron chi connectivity index (χ3n) is 5.79. The average Bonchev–Trinajstić information content (AvgIpc) is 3.04. The molecule has 1 unspecified atom stereocenters. The van der Waals surface area contributed by atoms with Crippen molar-refractivity contribution >= 4 is 6.09 Å². The number of carboxylic acid groups (broad SMARTS) is 1. The zero-order chi connectivity index (χ0) is 22.2. The molecule has 0 saturated heterocycles. The Hall–Kier alpha value is -3.29. The minimum Gasteiger partial charge on any atom is -0.465 e. The number of hydrogen-bond acceptors (Lipinski definition) is 6. The van der Waals surface area contributed by atoms with Crippen molar-refractivity contribution in [3.05, 3.63) is 58.8 Å². The van der Waals surface area contributed by atoms with Crippen LogP contribution in [0.4, 0.5) is 4.79 Å². The summed E-state index contributed by atoms with van der Waals surface area (Å²) in [4.78, 5) is 26.3. The fraction of sp³-hybridized carbons (Fsp3) is 0.435. The molecule has 0 aliphatic carbocycles. The van der Waals surface area contributed by atoms with Crippen LogP contribution < -0.4 is 0 Å². The quantitative estimate of drug-likeness (QED) is 0.679. The lowest BCUT2D eigenvalue weighted by molar-refractivity contribution is 0.135. The molecule has 1 atom stereocenters. The second kappa shape index (κ2) is 8.09. The van der Waals surface area contributed by atoms with E-state index >= 15 is 0 Å². The first kappa shape index (κ1) is 21.0. The van der Waals surface area contributed by atoms with Gasteiger partial charge in [0.25, 0.3) is 5.89 Å². The molecule has 1 aliphatic rings. The van der Waals surface area contributed by atoms with Crippen LogP contribution in [0.5, 0.6) is 0 Å². The van der Waals surface area contributed by atoms with Gasteiger partial charge in [0.15, 0.2) is 5.82 Å². The van der Waals surface area contributed by atoms with E-state index in [0.717, 1.165) is 11.3 Å². The lowest BCUT2D eigenvalue weighted by Crippen LogP contribution is -2.36. The van der Waals surface area contributed by atoms with Crippen molar-refractivity contribution in [1.82, 2.24) is 25.0 Å². The Balaban J connectivity index is 1.57. The van der Waals surface area contributed by atoms with Crippen LogP contribution in [-0.4, -0.2) is 49.3 Å². The first-order chi connectivity index (χ1) is 14.7. The molecule has 0 radical (unpaired) electrons. The molecule has 1 aromatic carbocycles. The van der Waals surface area contributed by atoms with Crippen LogP contribution in [0.15, 0.2) is 35.1 Å². The molecule has 0 saturated carbocycles. The Morgan fingerprint density at radius 2 is 2.06 bits per heavy atom. The van der Waals surface area contributed by atoms with Gasteiger partial charge in [0.05, 0.1) is 11.9 Å². The summed E-state index contributed by atoms with van der Waals surface area (Å²) < 4.78 is 5.14. The number of amides is 1. The van der Waals surface area contributed by atoms with Crippen molar-refractivity contribution in [2.75, 3.05) is 13.1 Å². The molecule has 8 nitrogen and oxygen atoms in total. The van der Waals surface area contributed by atoms with Crippen molar-refractivity contribution in [3.8, 4) is 11.6 Å². The fourth-order valence-electron chi connectivity index (χ4n) is 4.07. The van der Waals surface area contributed by atoms with Gasteiger partial charge in [0.2, 0.25) is 0 Å². The molecular formula is C23H27N5O3. The van der Waals surface area contributed by atoms with Gasteiger partial charge in [-0.2, -0.15) is 4.98 Å².